The van der Waals surface area contributed by atoms with Gasteiger partial charge in [0.1, 0.15) is 0 Å². The van der Waals surface area contributed by atoms with Crippen LogP contribution in [0, 0.1) is 11.8 Å². The minimum Gasteiger partial charge on any atom is -0.330 e. The summed E-state index contributed by atoms with van der Waals surface area (Å²) in [4.78, 5) is 25.2. The van der Waals surface area contributed by atoms with Crippen LogP contribution >= 0.6 is 0 Å². The van der Waals surface area contributed by atoms with Crippen LogP contribution in [-0.4, -0.2) is 29.8 Å². The Kier molecular flexibility index (Phi) is 2.86. The molecular formula is C11H16N2O2. The average molecular weight is 208 g/mol. The Morgan fingerprint density at radius 3 is 2.20 bits per heavy atom. The summed E-state index contributed by atoms with van der Waals surface area (Å²) in [5.41, 5.74) is 5.38. The summed E-state index contributed by atoms with van der Waals surface area (Å²) in [6, 6.07) is 0. The molecule has 4 heteroatoms. The predicted octanol–water partition coefficient (Wildman–Crippen LogP) is 0.286. The Bertz CT molecular complexity index is 286. The summed E-state index contributed by atoms with van der Waals surface area (Å²) in [5, 5.41) is 0. The van der Waals surface area contributed by atoms with Gasteiger partial charge in [-0.3, -0.25) is 14.5 Å². The molecule has 15 heavy (non-hydrogen) atoms. The lowest BCUT2D eigenvalue weighted by molar-refractivity contribution is -0.139. The molecular weight excluding hydrogens is 192 g/mol. The zero-order valence-corrected chi connectivity index (χ0v) is 8.69. The largest absolute Gasteiger partial charge is 0.330 e. The topological polar surface area (TPSA) is 63.4 Å². The minimum atomic E-state index is -0.0970. The molecule has 0 saturated carbocycles. The van der Waals surface area contributed by atoms with Gasteiger partial charge in [-0.1, -0.05) is 12.2 Å². The number of imide groups is 1. The molecule has 0 radical (unpaired) electrons. The lowest BCUT2D eigenvalue weighted by Gasteiger charge is -2.14. The average Bonchev–Trinajstić information content (AvgIpc) is 2.51. The lowest BCUT2D eigenvalue weighted by atomic mass is 9.85. The second-order valence-electron chi connectivity index (χ2n) is 4.13. The van der Waals surface area contributed by atoms with Crippen molar-refractivity contribution in [3.05, 3.63) is 12.2 Å². The van der Waals surface area contributed by atoms with Crippen LogP contribution in [0.3, 0.4) is 0 Å². The van der Waals surface area contributed by atoms with Crippen molar-refractivity contribution in [1.82, 2.24) is 4.90 Å². The monoisotopic (exact) mass is 208 g/mol. The number of carbonyl (C=O) groups is 2. The van der Waals surface area contributed by atoms with Gasteiger partial charge >= 0.3 is 0 Å². The molecule has 2 N–H and O–H groups in total. The molecule has 0 aromatic rings. The molecule has 1 aliphatic carbocycles. The molecule has 82 valence electrons. The zero-order valence-electron chi connectivity index (χ0n) is 8.69. The highest BCUT2D eigenvalue weighted by atomic mass is 16.2. The third-order valence-electron chi connectivity index (χ3n) is 3.18. The van der Waals surface area contributed by atoms with Gasteiger partial charge in [0.25, 0.3) is 0 Å². The maximum Gasteiger partial charge on any atom is 0.233 e. The van der Waals surface area contributed by atoms with Gasteiger partial charge in [-0.15, -0.1) is 0 Å². The molecule has 0 aromatic carbocycles. The van der Waals surface area contributed by atoms with Gasteiger partial charge in [0.15, 0.2) is 0 Å². The molecule has 2 unspecified atom stereocenters. The van der Waals surface area contributed by atoms with Gasteiger partial charge in [-0.25, -0.2) is 0 Å². The molecule has 4 nitrogen and oxygen atoms in total. The first-order valence-electron chi connectivity index (χ1n) is 5.46. The number of carbonyl (C=O) groups excluding carboxylic acids is 2. The summed E-state index contributed by atoms with van der Waals surface area (Å²) in [5.74, 6) is -0.189. The van der Waals surface area contributed by atoms with E-state index in [9.17, 15) is 9.59 Å². The third kappa shape index (κ3) is 1.69. The molecule has 1 heterocycles. The second kappa shape index (κ2) is 4.14. The van der Waals surface area contributed by atoms with Crippen LogP contribution < -0.4 is 5.73 Å². The standard InChI is InChI=1S/C11H16N2O2/c12-6-3-7-13-10(14)8-4-1-2-5-9(8)11(13)15/h1-2,8-9H,3-7,12H2. The van der Waals surface area contributed by atoms with Crippen molar-refractivity contribution in [3.8, 4) is 0 Å². The highest BCUT2D eigenvalue weighted by molar-refractivity contribution is 6.05. The summed E-state index contributed by atoms with van der Waals surface area (Å²) in [7, 11) is 0. The first-order chi connectivity index (χ1) is 7.25. The van der Waals surface area contributed by atoms with Gasteiger partial charge in [0, 0.05) is 6.54 Å². The summed E-state index contributed by atoms with van der Waals surface area (Å²) in [6.45, 7) is 1.01. The highest BCUT2D eigenvalue weighted by Gasteiger charge is 2.46. The van der Waals surface area contributed by atoms with E-state index in [1.807, 2.05) is 12.2 Å². The molecule has 0 spiro atoms. The summed E-state index contributed by atoms with van der Waals surface area (Å²) >= 11 is 0. The number of hydrogen-bond donors (Lipinski definition) is 1. The molecule has 0 bridgehead atoms. The SMILES string of the molecule is NCCCN1C(=O)C2CC=CCC2C1=O. The Morgan fingerprint density at radius 1 is 1.20 bits per heavy atom. The number of nitrogens with zero attached hydrogens (tertiary/aromatic N) is 1. The van der Waals surface area contributed by atoms with Crippen LogP contribution in [0.15, 0.2) is 12.2 Å². The molecule has 2 rings (SSSR count). The smallest absolute Gasteiger partial charge is 0.233 e. The molecule has 2 aliphatic rings. The first-order valence-corrected chi connectivity index (χ1v) is 5.46. The van der Waals surface area contributed by atoms with E-state index in [0.717, 1.165) is 0 Å². The fraction of sp³-hybridized carbons (Fsp3) is 0.636. The minimum absolute atomic E-state index is 0.00259. The van der Waals surface area contributed by atoms with E-state index in [2.05, 4.69) is 0 Å². The van der Waals surface area contributed by atoms with Gasteiger partial charge in [-0.2, -0.15) is 0 Å². The van der Waals surface area contributed by atoms with E-state index < -0.39 is 0 Å². The molecule has 1 fully saturated rings. The lowest BCUT2D eigenvalue weighted by Crippen LogP contribution is -2.33. The van der Waals surface area contributed by atoms with Crippen molar-refractivity contribution < 1.29 is 9.59 Å². The predicted molar refractivity (Wildman–Crippen MR) is 55.7 cm³/mol. The van der Waals surface area contributed by atoms with Crippen LogP contribution in [0.5, 0.6) is 0 Å². The number of fused-ring (bicyclic) bond motifs is 1. The van der Waals surface area contributed by atoms with E-state index in [-0.39, 0.29) is 23.7 Å². The Hall–Kier alpha value is -1.16. The molecule has 2 atom stereocenters. The van der Waals surface area contributed by atoms with E-state index in [0.29, 0.717) is 32.4 Å². The molecule has 1 saturated heterocycles. The van der Waals surface area contributed by atoms with Crippen LogP contribution in [0.4, 0.5) is 0 Å². The summed E-state index contributed by atoms with van der Waals surface area (Å²) < 4.78 is 0. The van der Waals surface area contributed by atoms with Gasteiger partial charge in [0.05, 0.1) is 11.8 Å². The Balaban J connectivity index is 2.10. The summed E-state index contributed by atoms with van der Waals surface area (Å²) in [6.07, 6.45) is 6.13. The van der Waals surface area contributed by atoms with Crippen molar-refractivity contribution in [2.75, 3.05) is 13.1 Å². The number of likely N-dealkylation sites (tertiary alicyclic amines) is 1. The molecule has 1 aliphatic heterocycles. The number of allylic oxidation sites excluding steroid dienone is 2. The van der Waals surface area contributed by atoms with Gasteiger partial charge in [0.2, 0.25) is 11.8 Å². The normalized spacial score (nSPS) is 29.8. The number of rotatable bonds is 3. The highest BCUT2D eigenvalue weighted by Crippen LogP contribution is 2.34. The van der Waals surface area contributed by atoms with Crippen molar-refractivity contribution in [3.63, 3.8) is 0 Å². The molecule has 0 aromatic heterocycles. The first kappa shape index (κ1) is 10.4. The quantitative estimate of drug-likeness (QED) is 0.535. The number of amides is 2. The van der Waals surface area contributed by atoms with Crippen LogP contribution in [0.1, 0.15) is 19.3 Å². The van der Waals surface area contributed by atoms with Crippen molar-refractivity contribution in [2.24, 2.45) is 17.6 Å². The van der Waals surface area contributed by atoms with Crippen molar-refractivity contribution in [1.29, 1.82) is 0 Å². The maximum atomic E-state index is 11.9. The van der Waals surface area contributed by atoms with Crippen molar-refractivity contribution in [2.45, 2.75) is 19.3 Å². The van der Waals surface area contributed by atoms with Crippen LogP contribution in [-0.2, 0) is 9.59 Å². The molecule has 2 amide bonds. The van der Waals surface area contributed by atoms with Crippen LogP contribution in [0.25, 0.3) is 0 Å². The van der Waals surface area contributed by atoms with E-state index >= 15 is 0 Å². The fourth-order valence-corrected chi connectivity index (χ4v) is 2.34. The Morgan fingerprint density at radius 2 is 1.73 bits per heavy atom. The third-order valence-corrected chi connectivity index (χ3v) is 3.18. The van der Waals surface area contributed by atoms with Crippen LogP contribution in [0.2, 0.25) is 0 Å². The van der Waals surface area contributed by atoms with Gasteiger partial charge in [-0.05, 0) is 25.8 Å². The maximum absolute atomic E-state index is 11.9. The van der Waals surface area contributed by atoms with Gasteiger partial charge < -0.3 is 5.73 Å². The Labute approximate surface area is 89.1 Å². The number of nitrogens with two attached hydrogens (primary N) is 1. The van der Waals surface area contributed by atoms with E-state index in [1.54, 1.807) is 0 Å². The fourth-order valence-electron chi connectivity index (χ4n) is 2.34. The zero-order chi connectivity index (χ0) is 10.8. The van der Waals surface area contributed by atoms with E-state index in [4.69, 9.17) is 5.73 Å². The van der Waals surface area contributed by atoms with Crippen molar-refractivity contribution >= 4 is 11.8 Å². The number of hydrogen-bond acceptors (Lipinski definition) is 3. The second-order valence-corrected chi connectivity index (χ2v) is 4.13. The van der Waals surface area contributed by atoms with E-state index in [1.165, 1.54) is 4.90 Å².